The summed E-state index contributed by atoms with van der Waals surface area (Å²) in [4.78, 5) is 0.753. The van der Waals surface area contributed by atoms with Crippen molar-refractivity contribution in [3.63, 3.8) is 0 Å². The molecule has 2 aromatic carbocycles. The molecule has 1 heterocycles. The Kier molecular flexibility index (Phi) is 5.81. The molecule has 1 aliphatic rings. The first-order chi connectivity index (χ1) is 11.9. The molecule has 2 unspecified atom stereocenters. The van der Waals surface area contributed by atoms with Crippen LogP contribution in [0.1, 0.15) is 24.5 Å². The smallest absolute Gasteiger partial charge is 0.406 e. The van der Waals surface area contributed by atoms with Crippen LogP contribution in [0.25, 0.3) is 0 Å². The lowest BCUT2D eigenvalue weighted by molar-refractivity contribution is -0.274. The molecule has 2 aromatic rings. The molecule has 0 bridgehead atoms. The minimum absolute atomic E-state index is 0.0295. The van der Waals surface area contributed by atoms with Crippen LogP contribution in [0.15, 0.2) is 53.4 Å². The number of halogens is 4. The summed E-state index contributed by atoms with van der Waals surface area (Å²) in [5, 5.41) is 0.933. The summed E-state index contributed by atoms with van der Waals surface area (Å²) in [6.07, 6.45) is -3.07. The summed E-state index contributed by atoms with van der Waals surface area (Å²) in [5.41, 5.74) is 1.06. The average molecular weight is 389 g/mol. The van der Waals surface area contributed by atoms with Gasteiger partial charge in [0.2, 0.25) is 0 Å². The maximum absolute atomic E-state index is 12.3. The fourth-order valence-corrected chi connectivity index (χ4v) is 4.06. The zero-order chi connectivity index (χ0) is 17.9. The number of hydrogen-bond acceptors (Lipinski definition) is 3. The normalized spacial score (nSPS) is 21.1. The predicted octanol–water partition coefficient (Wildman–Crippen LogP) is 6.25. The molecular formula is C18H16ClF3O2S. The van der Waals surface area contributed by atoms with E-state index in [1.807, 2.05) is 24.3 Å². The first-order valence-corrected chi connectivity index (χ1v) is 9.04. The van der Waals surface area contributed by atoms with Gasteiger partial charge in [-0.05, 0) is 48.7 Å². The summed E-state index contributed by atoms with van der Waals surface area (Å²) in [6.45, 7) is 0.615. The fourth-order valence-electron chi connectivity index (χ4n) is 2.72. The van der Waals surface area contributed by atoms with E-state index in [0.717, 1.165) is 23.3 Å². The zero-order valence-electron chi connectivity index (χ0n) is 13.1. The standard InChI is InChI=1S/C18H16ClF3O2S/c19-13-6-4-12(5-7-13)17-11-16(8-9-23-17)25-15-3-1-2-14(10-15)24-18(20,21)22/h1-7,10,16-17H,8-9,11H2. The van der Waals surface area contributed by atoms with E-state index in [0.29, 0.717) is 11.6 Å². The monoisotopic (exact) mass is 388 g/mol. The van der Waals surface area contributed by atoms with E-state index >= 15 is 0 Å². The van der Waals surface area contributed by atoms with E-state index in [2.05, 4.69) is 4.74 Å². The summed E-state index contributed by atoms with van der Waals surface area (Å²) in [5.74, 6) is -0.196. The highest BCUT2D eigenvalue weighted by molar-refractivity contribution is 8.00. The molecule has 0 amide bonds. The van der Waals surface area contributed by atoms with Crippen molar-refractivity contribution in [1.82, 2.24) is 0 Å². The first kappa shape index (κ1) is 18.4. The molecule has 1 saturated heterocycles. The van der Waals surface area contributed by atoms with E-state index < -0.39 is 6.36 Å². The molecule has 0 saturated carbocycles. The van der Waals surface area contributed by atoms with Gasteiger partial charge in [-0.15, -0.1) is 24.9 Å². The first-order valence-electron chi connectivity index (χ1n) is 7.78. The number of hydrogen-bond donors (Lipinski definition) is 0. The lowest BCUT2D eigenvalue weighted by atomic mass is 10.0. The molecule has 0 N–H and O–H groups in total. The van der Waals surface area contributed by atoms with Crippen LogP contribution in [0.5, 0.6) is 5.75 Å². The summed E-state index contributed by atoms with van der Waals surface area (Å²) in [6, 6.07) is 13.6. The average Bonchev–Trinajstić information content (AvgIpc) is 2.54. The van der Waals surface area contributed by atoms with Gasteiger partial charge >= 0.3 is 6.36 Å². The molecule has 7 heteroatoms. The molecule has 0 aromatic heterocycles. The second-order valence-corrected chi connectivity index (χ2v) is 7.51. The van der Waals surface area contributed by atoms with Crippen LogP contribution >= 0.6 is 23.4 Å². The summed E-state index contributed by atoms with van der Waals surface area (Å²) < 4.78 is 46.8. The van der Waals surface area contributed by atoms with Crippen LogP contribution < -0.4 is 4.74 Å². The third-order valence-corrected chi connectivity index (χ3v) is 5.36. The third kappa shape index (κ3) is 5.56. The van der Waals surface area contributed by atoms with Crippen molar-refractivity contribution in [1.29, 1.82) is 0 Å². The predicted molar refractivity (Wildman–Crippen MR) is 92.1 cm³/mol. The minimum Gasteiger partial charge on any atom is -0.406 e. The Labute approximate surface area is 153 Å². The number of thioether (sulfide) groups is 1. The minimum atomic E-state index is -4.68. The molecule has 2 nitrogen and oxygen atoms in total. The van der Waals surface area contributed by atoms with Crippen LogP contribution in [0.3, 0.4) is 0 Å². The Balaban J connectivity index is 1.64. The van der Waals surface area contributed by atoms with E-state index in [1.54, 1.807) is 23.9 Å². The summed E-state index contributed by atoms with van der Waals surface area (Å²) in [7, 11) is 0. The van der Waals surface area contributed by atoms with E-state index in [9.17, 15) is 13.2 Å². The molecule has 0 spiro atoms. The number of benzene rings is 2. The Bertz CT molecular complexity index is 706. The molecule has 0 radical (unpaired) electrons. The van der Waals surface area contributed by atoms with Gasteiger partial charge in [-0.2, -0.15) is 0 Å². The fraction of sp³-hybridized carbons (Fsp3) is 0.333. The molecular weight excluding hydrogens is 373 g/mol. The van der Waals surface area contributed by atoms with E-state index in [1.165, 1.54) is 12.1 Å². The van der Waals surface area contributed by atoms with E-state index in [-0.39, 0.29) is 17.1 Å². The lowest BCUT2D eigenvalue weighted by Crippen LogP contribution is -2.21. The van der Waals surface area contributed by atoms with Gasteiger partial charge in [-0.3, -0.25) is 0 Å². The molecule has 0 aliphatic carbocycles. The molecule has 3 rings (SSSR count). The van der Waals surface area contributed by atoms with Gasteiger partial charge in [-0.25, -0.2) is 0 Å². The third-order valence-electron chi connectivity index (χ3n) is 3.82. The Morgan fingerprint density at radius 2 is 1.88 bits per heavy atom. The highest BCUT2D eigenvalue weighted by Gasteiger charge is 2.31. The maximum atomic E-state index is 12.3. The molecule has 134 valence electrons. The van der Waals surface area contributed by atoms with Crippen molar-refractivity contribution in [2.24, 2.45) is 0 Å². The second-order valence-electron chi connectivity index (χ2n) is 5.70. The van der Waals surface area contributed by atoms with Crippen molar-refractivity contribution in [2.75, 3.05) is 6.61 Å². The number of ether oxygens (including phenoxy) is 2. The van der Waals surface area contributed by atoms with Gasteiger partial charge in [0.1, 0.15) is 5.75 Å². The van der Waals surface area contributed by atoms with Gasteiger partial charge in [0.25, 0.3) is 0 Å². The van der Waals surface area contributed by atoms with Crippen molar-refractivity contribution in [3.8, 4) is 5.75 Å². The highest BCUT2D eigenvalue weighted by atomic mass is 35.5. The maximum Gasteiger partial charge on any atom is 0.573 e. The SMILES string of the molecule is FC(F)(F)Oc1cccc(SC2CCOC(c3ccc(Cl)cc3)C2)c1. The zero-order valence-corrected chi connectivity index (χ0v) is 14.7. The second kappa shape index (κ2) is 7.89. The van der Waals surface area contributed by atoms with Gasteiger partial charge in [0, 0.05) is 21.8 Å². The quantitative estimate of drug-likeness (QED) is 0.616. The van der Waals surface area contributed by atoms with Gasteiger partial charge < -0.3 is 9.47 Å². The lowest BCUT2D eigenvalue weighted by Gasteiger charge is -2.29. The van der Waals surface area contributed by atoms with Crippen LogP contribution in [-0.2, 0) is 4.74 Å². The van der Waals surface area contributed by atoms with Crippen molar-refractivity contribution in [3.05, 3.63) is 59.1 Å². The van der Waals surface area contributed by atoms with Crippen LogP contribution in [0.4, 0.5) is 13.2 Å². The molecule has 25 heavy (non-hydrogen) atoms. The Morgan fingerprint density at radius 3 is 2.60 bits per heavy atom. The number of alkyl halides is 3. The largest absolute Gasteiger partial charge is 0.573 e. The van der Waals surface area contributed by atoms with Crippen molar-refractivity contribution < 1.29 is 22.6 Å². The van der Waals surface area contributed by atoms with Crippen LogP contribution in [0, 0.1) is 0 Å². The summed E-state index contributed by atoms with van der Waals surface area (Å²) >= 11 is 7.46. The van der Waals surface area contributed by atoms with Crippen LogP contribution in [-0.4, -0.2) is 18.2 Å². The van der Waals surface area contributed by atoms with Crippen molar-refractivity contribution >= 4 is 23.4 Å². The molecule has 1 fully saturated rings. The van der Waals surface area contributed by atoms with Gasteiger partial charge in [0.05, 0.1) is 6.10 Å². The Morgan fingerprint density at radius 1 is 1.12 bits per heavy atom. The van der Waals surface area contributed by atoms with E-state index in [4.69, 9.17) is 16.3 Å². The topological polar surface area (TPSA) is 18.5 Å². The van der Waals surface area contributed by atoms with Gasteiger partial charge in [0.15, 0.2) is 0 Å². The van der Waals surface area contributed by atoms with Crippen LogP contribution in [0.2, 0.25) is 5.02 Å². The van der Waals surface area contributed by atoms with Gasteiger partial charge in [-0.1, -0.05) is 29.8 Å². The molecule has 1 aliphatic heterocycles. The number of rotatable bonds is 4. The van der Waals surface area contributed by atoms with Crippen molar-refractivity contribution in [2.45, 2.75) is 35.5 Å². The highest BCUT2D eigenvalue weighted by Crippen LogP contribution is 2.38. The molecule has 2 atom stereocenters. The Hall–Kier alpha value is -1.37.